The maximum absolute atomic E-state index is 11.8. The van der Waals surface area contributed by atoms with E-state index in [0.717, 1.165) is 10.6 Å². The van der Waals surface area contributed by atoms with Crippen LogP contribution in [0.15, 0.2) is 48.0 Å². The van der Waals surface area contributed by atoms with Gasteiger partial charge in [-0.25, -0.2) is 0 Å². The maximum Gasteiger partial charge on any atom is 0.197 e. The lowest BCUT2D eigenvalue weighted by Gasteiger charge is -2.09. The van der Waals surface area contributed by atoms with Crippen LogP contribution >= 0.6 is 11.3 Å². The Morgan fingerprint density at radius 3 is 2.65 bits per heavy atom. The molecule has 0 aliphatic rings. The van der Waals surface area contributed by atoms with Gasteiger partial charge in [0.15, 0.2) is 17.3 Å². The number of rotatable bonds is 6. The zero-order valence-electron chi connectivity index (χ0n) is 11.3. The van der Waals surface area contributed by atoms with Crippen molar-refractivity contribution in [3.63, 3.8) is 0 Å². The Hall–Kier alpha value is -2.27. The number of thiophene rings is 1. The number of ketones is 1. The molecule has 4 nitrogen and oxygen atoms in total. The number of benzene rings is 1. The number of anilines is 1. The van der Waals surface area contributed by atoms with Gasteiger partial charge in [0.25, 0.3) is 0 Å². The Bertz CT molecular complexity index is 606. The molecule has 0 aliphatic heterocycles. The lowest BCUT2D eigenvalue weighted by Crippen LogP contribution is -1.95. The number of allylic oxidation sites excluding steroid dienone is 1. The van der Waals surface area contributed by atoms with Crippen molar-refractivity contribution in [2.45, 2.75) is 0 Å². The average molecular weight is 289 g/mol. The molecule has 0 fully saturated rings. The number of ether oxygens (including phenoxy) is 2. The highest BCUT2D eigenvalue weighted by Crippen LogP contribution is 2.29. The summed E-state index contributed by atoms with van der Waals surface area (Å²) in [6.07, 6.45) is 3.12. The van der Waals surface area contributed by atoms with Crippen molar-refractivity contribution in [3.8, 4) is 11.5 Å². The molecule has 1 N–H and O–H groups in total. The minimum atomic E-state index is -0.0204. The van der Waals surface area contributed by atoms with Gasteiger partial charge in [-0.2, -0.15) is 0 Å². The fourth-order valence-electron chi connectivity index (χ4n) is 1.64. The zero-order chi connectivity index (χ0) is 14.4. The Morgan fingerprint density at radius 2 is 2.00 bits per heavy atom. The third-order valence-corrected chi connectivity index (χ3v) is 3.52. The number of nitrogens with one attached hydrogen (secondary N) is 1. The van der Waals surface area contributed by atoms with Crippen molar-refractivity contribution in [3.05, 3.63) is 52.9 Å². The number of methoxy groups -OCH3 is 2. The molecule has 5 heteroatoms. The van der Waals surface area contributed by atoms with Crippen LogP contribution in [-0.2, 0) is 0 Å². The van der Waals surface area contributed by atoms with Crippen LogP contribution in [0, 0.1) is 0 Å². The first kappa shape index (κ1) is 14.1. The lowest BCUT2D eigenvalue weighted by atomic mass is 10.2. The van der Waals surface area contributed by atoms with Crippen LogP contribution in [0.3, 0.4) is 0 Å². The van der Waals surface area contributed by atoms with Crippen LogP contribution in [0.5, 0.6) is 11.5 Å². The minimum Gasteiger partial charge on any atom is -0.493 e. The van der Waals surface area contributed by atoms with E-state index >= 15 is 0 Å². The van der Waals surface area contributed by atoms with Gasteiger partial charge in [0.1, 0.15) is 0 Å². The number of hydrogen-bond acceptors (Lipinski definition) is 5. The molecule has 104 valence electrons. The van der Waals surface area contributed by atoms with Crippen LogP contribution in [0.2, 0.25) is 0 Å². The first-order valence-electron chi connectivity index (χ1n) is 5.97. The van der Waals surface area contributed by atoms with Gasteiger partial charge in [-0.3, -0.25) is 4.79 Å². The van der Waals surface area contributed by atoms with E-state index in [-0.39, 0.29) is 5.78 Å². The summed E-state index contributed by atoms with van der Waals surface area (Å²) in [5.41, 5.74) is 0.817. The second-order valence-electron chi connectivity index (χ2n) is 3.89. The second-order valence-corrected chi connectivity index (χ2v) is 4.84. The predicted molar refractivity (Wildman–Crippen MR) is 81.0 cm³/mol. The maximum atomic E-state index is 11.8. The zero-order valence-corrected chi connectivity index (χ0v) is 12.1. The molecule has 0 saturated carbocycles. The van der Waals surface area contributed by atoms with Gasteiger partial charge in [-0.05, 0) is 23.6 Å². The number of hydrogen-bond donors (Lipinski definition) is 1. The van der Waals surface area contributed by atoms with Crippen LogP contribution in [0.1, 0.15) is 9.67 Å². The van der Waals surface area contributed by atoms with E-state index < -0.39 is 0 Å². The molecule has 2 rings (SSSR count). The fraction of sp³-hybridized carbons (Fsp3) is 0.133. The normalized spacial score (nSPS) is 10.5. The first-order valence-corrected chi connectivity index (χ1v) is 6.85. The van der Waals surface area contributed by atoms with E-state index in [1.807, 2.05) is 17.5 Å². The van der Waals surface area contributed by atoms with Crippen LogP contribution in [-0.4, -0.2) is 20.0 Å². The van der Waals surface area contributed by atoms with Crippen molar-refractivity contribution in [2.75, 3.05) is 19.5 Å². The molecular formula is C15H15NO3S. The molecule has 0 unspecified atom stereocenters. The summed E-state index contributed by atoms with van der Waals surface area (Å²) in [4.78, 5) is 12.5. The Kier molecular flexibility index (Phi) is 4.79. The smallest absolute Gasteiger partial charge is 0.197 e. The minimum absolute atomic E-state index is 0.0204. The summed E-state index contributed by atoms with van der Waals surface area (Å²) in [6, 6.07) is 9.11. The molecule has 0 bridgehead atoms. The predicted octanol–water partition coefficient (Wildman–Crippen LogP) is 3.57. The SMILES string of the molecule is COc1ccc(N/C=C\C(=O)c2cccs2)cc1OC. The van der Waals surface area contributed by atoms with Gasteiger partial charge in [-0.15, -0.1) is 11.3 Å². The average Bonchev–Trinajstić information content (AvgIpc) is 3.01. The summed E-state index contributed by atoms with van der Waals surface area (Å²) in [5.74, 6) is 1.28. The standard InChI is InChI=1S/C15H15NO3S/c1-18-13-6-5-11(10-14(13)19-2)16-8-7-12(17)15-4-3-9-20-15/h3-10,16H,1-2H3/b8-7-. The van der Waals surface area contributed by atoms with Gasteiger partial charge < -0.3 is 14.8 Å². The van der Waals surface area contributed by atoms with E-state index in [9.17, 15) is 4.79 Å². The van der Waals surface area contributed by atoms with Crippen molar-refractivity contribution >= 4 is 22.8 Å². The van der Waals surface area contributed by atoms with Crippen LogP contribution in [0.4, 0.5) is 5.69 Å². The molecule has 0 amide bonds. The van der Waals surface area contributed by atoms with Gasteiger partial charge in [0.05, 0.1) is 19.1 Å². The molecular weight excluding hydrogens is 274 g/mol. The van der Waals surface area contributed by atoms with Crippen molar-refractivity contribution in [1.29, 1.82) is 0 Å². The van der Waals surface area contributed by atoms with Crippen molar-refractivity contribution in [2.24, 2.45) is 0 Å². The summed E-state index contributed by atoms with van der Waals surface area (Å²) >= 11 is 1.42. The molecule has 0 radical (unpaired) electrons. The Morgan fingerprint density at radius 1 is 1.20 bits per heavy atom. The topological polar surface area (TPSA) is 47.6 Å². The summed E-state index contributed by atoms with van der Waals surface area (Å²) < 4.78 is 10.4. The second kappa shape index (κ2) is 6.77. The largest absolute Gasteiger partial charge is 0.493 e. The highest BCUT2D eigenvalue weighted by atomic mass is 32.1. The lowest BCUT2D eigenvalue weighted by molar-refractivity contribution is 0.105. The molecule has 1 aromatic heterocycles. The van der Waals surface area contributed by atoms with Crippen molar-refractivity contribution < 1.29 is 14.3 Å². The summed E-state index contributed by atoms with van der Waals surface area (Å²) in [6.45, 7) is 0. The van der Waals surface area contributed by atoms with Crippen LogP contribution < -0.4 is 14.8 Å². The number of carbonyl (C=O) groups is 1. The Balaban J connectivity index is 2.02. The molecule has 0 spiro atoms. The van der Waals surface area contributed by atoms with E-state index in [0.29, 0.717) is 11.5 Å². The molecule has 2 aromatic rings. The third-order valence-electron chi connectivity index (χ3n) is 2.63. The molecule has 0 saturated heterocycles. The van der Waals surface area contributed by atoms with Crippen molar-refractivity contribution in [1.82, 2.24) is 0 Å². The first-order chi connectivity index (χ1) is 9.74. The third kappa shape index (κ3) is 3.39. The van der Waals surface area contributed by atoms with Crippen LogP contribution in [0.25, 0.3) is 0 Å². The van der Waals surface area contributed by atoms with Gasteiger partial charge >= 0.3 is 0 Å². The van der Waals surface area contributed by atoms with Gasteiger partial charge in [0.2, 0.25) is 0 Å². The molecule has 0 atom stereocenters. The van der Waals surface area contributed by atoms with E-state index in [1.54, 1.807) is 38.6 Å². The van der Waals surface area contributed by atoms with Gasteiger partial charge in [0, 0.05) is 24.0 Å². The molecule has 20 heavy (non-hydrogen) atoms. The molecule has 1 aromatic carbocycles. The number of carbonyl (C=O) groups excluding carboxylic acids is 1. The quantitative estimate of drug-likeness (QED) is 0.652. The molecule has 1 heterocycles. The monoisotopic (exact) mass is 289 g/mol. The Labute approximate surface area is 121 Å². The van der Waals surface area contributed by atoms with E-state index in [1.165, 1.54) is 17.4 Å². The van der Waals surface area contributed by atoms with Gasteiger partial charge in [-0.1, -0.05) is 6.07 Å². The summed E-state index contributed by atoms with van der Waals surface area (Å²) in [5, 5.41) is 4.91. The summed E-state index contributed by atoms with van der Waals surface area (Å²) in [7, 11) is 3.17. The fourth-order valence-corrected chi connectivity index (χ4v) is 2.29. The molecule has 0 aliphatic carbocycles. The van der Waals surface area contributed by atoms with E-state index in [2.05, 4.69) is 5.32 Å². The highest BCUT2D eigenvalue weighted by Gasteiger charge is 2.04. The highest BCUT2D eigenvalue weighted by molar-refractivity contribution is 7.12. The van der Waals surface area contributed by atoms with E-state index in [4.69, 9.17) is 9.47 Å².